The molecule has 0 aliphatic carbocycles. The third-order valence-electron chi connectivity index (χ3n) is 9.39. The average molecular weight is 636 g/mol. The van der Waals surface area contributed by atoms with Crippen LogP contribution in [0.25, 0.3) is 33.4 Å². The van der Waals surface area contributed by atoms with Gasteiger partial charge in [0.2, 0.25) is 11.8 Å². The number of para-hydroxylation sites is 1. The molecule has 3 aromatic heterocycles. The van der Waals surface area contributed by atoms with E-state index in [1.165, 1.54) is 4.57 Å². The number of carbonyl (C=O) groups excluding carboxylic acids is 2. The van der Waals surface area contributed by atoms with Crippen molar-refractivity contribution < 1.29 is 14.7 Å². The molecule has 0 spiro atoms. The number of likely N-dealkylation sites (tertiary alicyclic amines) is 1. The van der Waals surface area contributed by atoms with Crippen LogP contribution >= 0.6 is 0 Å². The molecule has 5 aromatic rings. The summed E-state index contributed by atoms with van der Waals surface area (Å²) in [4.78, 5) is 39.7. The van der Waals surface area contributed by atoms with Crippen LogP contribution in [-0.2, 0) is 23.1 Å². The minimum absolute atomic E-state index is 0.130. The minimum atomic E-state index is -0.687. The summed E-state index contributed by atoms with van der Waals surface area (Å²) in [7, 11) is 1.72. The number of nitrogens with two attached hydrogens (primary N) is 1. The first-order chi connectivity index (χ1) is 22.8. The Morgan fingerprint density at radius 2 is 1.87 bits per heavy atom. The van der Waals surface area contributed by atoms with Gasteiger partial charge in [0.1, 0.15) is 11.8 Å². The lowest BCUT2D eigenvalue weighted by molar-refractivity contribution is -0.135. The average Bonchev–Trinajstić information content (AvgIpc) is 3.65. The molecule has 2 unspecified atom stereocenters. The summed E-state index contributed by atoms with van der Waals surface area (Å²) in [5.74, 6) is -0.294. The van der Waals surface area contributed by atoms with Crippen LogP contribution in [0.1, 0.15) is 49.8 Å². The third kappa shape index (κ3) is 5.89. The van der Waals surface area contributed by atoms with E-state index in [4.69, 9.17) is 10.8 Å². The molecule has 13 nitrogen and oxygen atoms in total. The lowest BCUT2D eigenvalue weighted by Crippen LogP contribution is -2.44. The van der Waals surface area contributed by atoms with E-state index < -0.39 is 11.9 Å². The molecular weight excluding hydrogens is 598 g/mol. The molecule has 7 rings (SSSR count). The van der Waals surface area contributed by atoms with Crippen LogP contribution in [0, 0.1) is 0 Å². The smallest absolute Gasteiger partial charge is 0.329 e. The van der Waals surface area contributed by atoms with Crippen LogP contribution in [-0.4, -0.2) is 70.6 Å². The third-order valence-corrected chi connectivity index (χ3v) is 9.39. The van der Waals surface area contributed by atoms with E-state index in [1.54, 1.807) is 36.0 Å². The van der Waals surface area contributed by atoms with Gasteiger partial charge in [-0.3, -0.25) is 28.7 Å². The Labute approximate surface area is 270 Å². The van der Waals surface area contributed by atoms with Gasteiger partial charge in [0.05, 0.1) is 29.0 Å². The number of piperidine rings is 2. The number of hydrogen-bond donors (Lipinski definition) is 3. The van der Waals surface area contributed by atoms with Gasteiger partial charge in [-0.15, -0.1) is 10.2 Å². The van der Waals surface area contributed by atoms with Gasteiger partial charge < -0.3 is 15.7 Å². The summed E-state index contributed by atoms with van der Waals surface area (Å²) >= 11 is 0. The number of aromatic hydroxyl groups is 1. The number of nitrogen functional groups attached to an aromatic ring is 1. The van der Waals surface area contributed by atoms with Crippen molar-refractivity contribution in [3.63, 3.8) is 0 Å². The molecule has 2 aliphatic heterocycles. The van der Waals surface area contributed by atoms with Gasteiger partial charge in [-0.25, -0.2) is 4.79 Å². The number of fused-ring (bicyclic) bond motifs is 1. The molecule has 0 radical (unpaired) electrons. The van der Waals surface area contributed by atoms with Crippen LogP contribution in [0.15, 0.2) is 65.7 Å². The van der Waals surface area contributed by atoms with E-state index in [0.29, 0.717) is 29.0 Å². The predicted octanol–water partition coefficient (Wildman–Crippen LogP) is 3.20. The number of phenols is 1. The summed E-state index contributed by atoms with van der Waals surface area (Å²) < 4.78 is 5.11. The molecule has 4 N–H and O–H groups in total. The topological polar surface area (TPSA) is 166 Å². The van der Waals surface area contributed by atoms with Crippen molar-refractivity contribution in [2.45, 2.75) is 50.6 Å². The summed E-state index contributed by atoms with van der Waals surface area (Å²) in [6.45, 7) is 2.85. The summed E-state index contributed by atoms with van der Waals surface area (Å²) in [5.41, 5.74) is 11.3. The highest BCUT2D eigenvalue weighted by atomic mass is 16.3. The number of aryl methyl sites for hydroxylation is 2. The van der Waals surface area contributed by atoms with Crippen molar-refractivity contribution in [3.8, 4) is 28.1 Å². The molecule has 47 heavy (non-hydrogen) atoms. The normalized spacial score (nSPS) is 18.9. The first-order valence-corrected chi connectivity index (χ1v) is 16.0. The molecule has 242 valence electrons. The van der Waals surface area contributed by atoms with Crippen molar-refractivity contribution in [2.75, 3.05) is 25.4 Å². The Hall–Kier alpha value is -5.30. The summed E-state index contributed by atoms with van der Waals surface area (Å²) in [5, 5.41) is 25.7. The first kappa shape index (κ1) is 30.4. The highest BCUT2D eigenvalue weighted by Gasteiger charge is 2.31. The Bertz CT molecular complexity index is 2040. The fourth-order valence-electron chi connectivity index (χ4n) is 6.88. The van der Waals surface area contributed by atoms with Crippen molar-refractivity contribution >= 4 is 28.7 Å². The van der Waals surface area contributed by atoms with E-state index in [0.717, 1.165) is 67.5 Å². The van der Waals surface area contributed by atoms with Gasteiger partial charge in [-0.1, -0.05) is 18.2 Å². The Kier molecular flexibility index (Phi) is 8.06. The van der Waals surface area contributed by atoms with E-state index in [-0.39, 0.29) is 29.8 Å². The van der Waals surface area contributed by atoms with Crippen molar-refractivity contribution in [1.29, 1.82) is 0 Å². The largest absolute Gasteiger partial charge is 0.507 e. The zero-order valence-corrected chi connectivity index (χ0v) is 26.2. The SMILES string of the molecule is Cn1c(=O)n(C2CCC(=O)NC2=O)c2ccc(CCCN3CCCC(n4cc(-c5cc(-c6ccccc6O)nnc5N)cn4)C3)cc21. The molecule has 0 saturated carbocycles. The Morgan fingerprint density at radius 3 is 2.70 bits per heavy atom. The minimum Gasteiger partial charge on any atom is -0.507 e. The number of amides is 2. The molecule has 2 atom stereocenters. The van der Waals surface area contributed by atoms with Gasteiger partial charge >= 0.3 is 5.69 Å². The Balaban J connectivity index is 0.998. The summed E-state index contributed by atoms with van der Waals surface area (Å²) in [6, 6.07) is 14.4. The number of hydrogen-bond acceptors (Lipinski definition) is 9. The number of benzene rings is 2. The van der Waals surface area contributed by atoms with Gasteiger partial charge in [0, 0.05) is 42.9 Å². The number of phenolic OH excluding ortho intramolecular Hbond substituents is 1. The van der Waals surface area contributed by atoms with Crippen LogP contribution < -0.4 is 16.7 Å². The van der Waals surface area contributed by atoms with Gasteiger partial charge in [-0.05, 0) is 81.1 Å². The maximum atomic E-state index is 13.1. The maximum Gasteiger partial charge on any atom is 0.329 e. The molecule has 0 bridgehead atoms. The van der Waals surface area contributed by atoms with E-state index in [2.05, 4.69) is 20.4 Å². The monoisotopic (exact) mass is 635 g/mol. The lowest BCUT2D eigenvalue weighted by atomic mass is 10.0. The molecule has 2 saturated heterocycles. The number of aromatic nitrogens is 6. The van der Waals surface area contributed by atoms with E-state index in [9.17, 15) is 19.5 Å². The highest BCUT2D eigenvalue weighted by Crippen LogP contribution is 2.33. The number of nitrogens with one attached hydrogen (secondary N) is 1. The standard InChI is InChI=1S/C34H37N9O4/c1-40-29-16-21(10-11-27(29)43(34(40)47)28-12-13-31(45)37-33(28)46)6-4-14-41-15-5-7-23(20-41)42-19-22(18-36-42)25-17-26(38-39-32(25)35)24-8-2-3-9-30(24)44/h2-3,8-11,16-19,23,28,44H,4-7,12-15,20H2,1H3,(H2,35,39)(H,37,45,46). The number of imide groups is 1. The van der Waals surface area contributed by atoms with E-state index >= 15 is 0 Å². The first-order valence-electron chi connectivity index (χ1n) is 16.0. The zero-order chi connectivity index (χ0) is 32.7. The fourth-order valence-corrected chi connectivity index (χ4v) is 6.88. The molecular formula is C34H37N9O4. The lowest BCUT2D eigenvalue weighted by Gasteiger charge is -2.32. The number of carbonyl (C=O) groups is 2. The van der Waals surface area contributed by atoms with Crippen LogP contribution in [0.5, 0.6) is 5.75 Å². The molecule has 5 heterocycles. The Morgan fingerprint density at radius 1 is 1.02 bits per heavy atom. The number of rotatable bonds is 8. The maximum absolute atomic E-state index is 13.1. The van der Waals surface area contributed by atoms with E-state index in [1.807, 2.05) is 41.2 Å². The fraction of sp³-hybridized carbons (Fsp3) is 0.353. The van der Waals surface area contributed by atoms with Crippen LogP contribution in [0.4, 0.5) is 5.82 Å². The van der Waals surface area contributed by atoms with Gasteiger partial charge in [0.25, 0.3) is 0 Å². The van der Waals surface area contributed by atoms with Gasteiger partial charge in [-0.2, -0.15) is 5.10 Å². The number of nitrogens with zero attached hydrogens (tertiary/aromatic N) is 7. The molecule has 2 aliphatic rings. The van der Waals surface area contributed by atoms with Crippen LogP contribution in [0.3, 0.4) is 0 Å². The second-order valence-electron chi connectivity index (χ2n) is 12.5. The van der Waals surface area contributed by atoms with Crippen molar-refractivity contribution in [2.24, 2.45) is 7.05 Å². The van der Waals surface area contributed by atoms with Crippen molar-refractivity contribution in [3.05, 3.63) is 77.0 Å². The van der Waals surface area contributed by atoms with Crippen LogP contribution in [0.2, 0.25) is 0 Å². The molecule has 2 amide bonds. The number of anilines is 1. The predicted molar refractivity (Wildman–Crippen MR) is 176 cm³/mol. The highest BCUT2D eigenvalue weighted by molar-refractivity contribution is 6.00. The second-order valence-corrected chi connectivity index (χ2v) is 12.5. The molecule has 13 heteroatoms. The van der Waals surface area contributed by atoms with Crippen molar-refractivity contribution in [1.82, 2.24) is 39.3 Å². The summed E-state index contributed by atoms with van der Waals surface area (Å²) in [6.07, 6.45) is 8.26. The quantitative estimate of drug-likeness (QED) is 0.217. The molecule has 2 fully saturated rings. The molecule has 2 aromatic carbocycles. The van der Waals surface area contributed by atoms with Gasteiger partial charge in [0.15, 0.2) is 5.82 Å². The second kappa shape index (κ2) is 12.5. The number of imidazole rings is 1. The zero-order valence-electron chi connectivity index (χ0n) is 26.2.